The van der Waals surface area contributed by atoms with Crippen molar-refractivity contribution in [2.75, 3.05) is 12.1 Å². The Balaban J connectivity index is 1.15. The van der Waals surface area contributed by atoms with Gasteiger partial charge in [0.1, 0.15) is 17.3 Å². The number of pyridine rings is 1. The molecule has 2 aliphatic rings. The van der Waals surface area contributed by atoms with Crippen LogP contribution in [0.25, 0.3) is 11.3 Å². The molecule has 194 valence electrons. The van der Waals surface area contributed by atoms with Gasteiger partial charge in [0.05, 0.1) is 22.5 Å². The second-order valence-corrected chi connectivity index (χ2v) is 11.1. The third-order valence-electron chi connectivity index (χ3n) is 6.79. The standard InChI is InChI=1S/C28H25N3O6S/c1-18-5-9-21(37-18)16-29-38(33,34)22-10-6-19(7-11-22)23-3-2-4-26(30-23)31-27(32)28(13-14-28)20-8-12-24-25(15-20)36-17-35-24/h2-12,15,29H,13-14,16-17H2,1H3,(H,30,31,32). The van der Waals surface area contributed by atoms with Gasteiger partial charge in [0, 0.05) is 5.56 Å². The lowest BCUT2D eigenvalue weighted by atomic mass is 9.94. The summed E-state index contributed by atoms with van der Waals surface area (Å²) in [6.45, 7) is 2.05. The fraction of sp³-hybridized carbons (Fsp3) is 0.214. The maximum Gasteiger partial charge on any atom is 0.240 e. The smallest absolute Gasteiger partial charge is 0.240 e. The summed E-state index contributed by atoms with van der Waals surface area (Å²) < 4.78 is 44.2. The van der Waals surface area contributed by atoms with Gasteiger partial charge in [-0.3, -0.25) is 4.79 Å². The number of furan rings is 1. The van der Waals surface area contributed by atoms with E-state index in [1.54, 1.807) is 49.4 Å². The highest BCUT2D eigenvalue weighted by Gasteiger charge is 2.51. The summed E-state index contributed by atoms with van der Waals surface area (Å²) in [5, 5.41) is 2.95. The number of benzene rings is 2. The summed E-state index contributed by atoms with van der Waals surface area (Å²) in [4.78, 5) is 18.0. The van der Waals surface area contributed by atoms with E-state index < -0.39 is 15.4 Å². The second kappa shape index (κ2) is 9.30. The van der Waals surface area contributed by atoms with E-state index in [1.165, 1.54) is 12.1 Å². The van der Waals surface area contributed by atoms with Gasteiger partial charge in [0.25, 0.3) is 0 Å². The summed E-state index contributed by atoms with van der Waals surface area (Å²) in [7, 11) is -3.72. The van der Waals surface area contributed by atoms with E-state index in [4.69, 9.17) is 13.9 Å². The molecule has 0 atom stereocenters. The van der Waals surface area contributed by atoms with Crippen LogP contribution in [0.5, 0.6) is 11.5 Å². The van der Waals surface area contributed by atoms with Crippen LogP contribution in [-0.4, -0.2) is 26.1 Å². The Labute approximate surface area is 219 Å². The molecule has 1 amide bonds. The number of aromatic nitrogens is 1. The largest absolute Gasteiger partial charge is 0.465 e. The van der Waals surface area contributed by atoms with Gasteiger partial charge in [-0.2, -0.15) is 0 Å². The van der Waals surface area contributed by atoms with Crippen LogP contribution in [0.3, 0.4) is 0 Å². The van der Waals surface area contributed by atoms with Gasteiger partial charge in [-0.15, -0.1) is 0 Å². The number of ether oxygens (including phenoxy) is 2. The van der Waals surface area contributed by atoms with Gasteiger partial charge in [0.2, 0.25) is 22.7 Å². The van der Waals surface area contributed by atoms with Crippen LogP contribution < -0.4 is 19.5 Å². The number of hydrogen-bond acceptors (Lipinski definition) is 7. The average Bonchev–Trinajstić information content (AvgIpc) is 3.42. The predicted molar refractivity (Wildman–Crippen MR) is 139 cm³/mol. The van der Waals surface area contributed by atoms with E-state index in [9.17, 15) is 13.2 Å². The lowest BCUT2D eigenvalue weighted by Gasteiger charge is -2.16. The molecule has 0 spiro atoms. The summed E-state index contributed by atoms with van der Waals surface area (Å²) >= 11 is 0. The molecule has 38 heavy (non-hydrogen) atoms. The molecule has 4 aromatic rings. The maximum absolute atomic E-state index is 13.3. The van der Waals surface area contributed by atoms with Crippen molar-refractivity contribution in [3.63, 3.8) is 0 Å². The number of anilines is 1. The zero-order chi connectivity index (χ0) is 26.3. The highest BCUT2D eigenvalue weighted by Crippen LogP contribution is 2.51. The molecule has 1 aliphatic carbocycles. The van der Waals surface area contributed by atoms with Crippen molar-refractivity contribution in [2.24, 2.45) is 0 Å². The van der Waals surface area contributed by atoms with Crippen molar-refractivity contribution >= 4 is 21.7 Å². The number of rotatable bonds is 8. The summed E-state index contributed by atoms with van der Waals surface area (Å²) in [6, 6.07) is 20.9. The summed E-state index contributed by atoms with van der Waals surface area (Å²) in [5.74, 6) is 2.89. The van der Waals surface area contributed by atoms with Crippen LogP contribution in [0.2, 0.25) is 0 Å². The van der Waals surface area contributed by atoms with Crippen molar-refractivity contribution in [3.05, 3.63) is 89.9 Å². The number of nitrogens with zero attached hydrogens (tertiary/aromatic N) is 1. The second-order valence-electron chi connectivity index (χ2n) is 9.37. The van der Waals surface area contributed by atoms with Gasteiger partial charge in [-0.1, -0.05) is 24.3 Å². The Kier molecular flexibility index (Phi) is 5.93. The Morgan fingerprint density at radius 3 is 2.50 bits per heavy atom. The quantitative estimate of drug-likeness (QED) is 0.343. The topological polar surface area (TPSA) is 120 Å². The molecule has 3 heterocycles. The molecule has 1 fully saturated rings. The molecule has 0 radical (unpaired) electrons. The molecule has 0 bridgehead atoms. The first-order valence-electron chi connectivity index (χ1n) is 12.2. The first kappa shape index (κ1) is 24.2. The van der Waals surface area contributed by atoms with Crippen molar-refractivity contribution < 1.29 is 27.1 Å². The molecular weight excluding hydrogens is 506 g/mol. The third-order valence-corrected chi connectivity index (χ3v) is 8.21. The number of hydrogen-bond donors (Lipinski definition) is 2. The monoisotopic (exact) mass is 531 g/mol. The molecule has 0 unspecified atom stereocenters. The molecule has 1 aliphatic heterocycles. The maximum atomic E-state index is 13.3. The predicted octanol–water partition coefficient (Wildman–Crippen LogP) is 4.53. The van der Waals surface area contributed by atoms with Gasteiger partial charge >= 0.3 is 0 Å². The third kappa shape index (κ3) is 4.64. The molecule has 1 saturated carbocycles. The normalized spacial score (nSPS) is 15.3. The number of aryl methyl sites for hydroxylation is 1. The van der Waals surface area contributed by atoms with Gasteiger partial charge in [0.15, 0.2) is 11.5 Å². The zero-order valence-electron chi connectivity index (χ0n) is 20.6. The zero-order valence-corrected chi connectivity index (χ0v) is 21.4. The first-order valence-corrected chi connectivity index (χ1v) is 13.6. The minimum absolute atomic E-state index is 0.0645. The summed E-state index contributed by atoms with van der Waals surface area (Å²) in [5.41, 5.74) is 1.61. The fourth-order valence-corrected chi connectivity index (χ4v) is 5.49. The Bertz CT molecular complexity index is 1620. The van der Waals surface area contributed by atoms with E-state index in [0.717, 1.165) is 29.7 Å². The van der Waals surface area contributed by atoms with Crippen LogP contribution in [0.15, 0.2) is 82.1 Å². The molecule has 2 aromatic carbocycles. The van der Waals surface area contributed by atoms with Crippen LogP contribution in [0.1, 0.15) is 29.9 Å². The molecule has 10 heteroatoms. The van der Waals surface area contributed by atoms with E-state index in [2.05, 4.69) is 15.0 Å². The molecular formula is C28H25N3O6S. The van der Waals surface area contributed by atoms with E-state index >= 15 is 0 Å². The molecule has 6 rings (SSSR count). The Morgan fingerprint density at radius 1 is 0.974 bits per heavy atom. The number of carbonyl (C=O) groups excluding carboxylic acids is 1. The highest BCUT2D eigenvalue weighted by atomic mass is 32.2. The lowest BCUT2D eigenvalue weighted by molar-refractivity contribution is -0.118. The minimum Gasteiger partial charge on any atom is -0.465 e. The van der Waals surface area contributed by atoms with E-state index in [0.29, 0.717) is 28.8 Å². The number of amides is 1. The van der Waals surface area contributed by atoms with Crippen LogP contribution >= 0.6 is 0 Å². The van der Waals surface area contributed by atoms with Crippen LogP contribution in [-0.2, 0) is 26.8 Å². The number of carbonyl (C=O) groups is 1. The lowest BCUT2D eigenvalue weighted by Crippen LogP contribution is -2.28. The number of fused-ring (bicyclic) bond motifs is 1. The SMILES string of the molecule is Cc1ccc(CNS(=O)(=O)c2ccc(-c3cccc(NC(=O)C4(c5ccc6c(c5)OCO6)CC4)n3)cc2)o1. The van der Waals surface area contributed by atoms with Crippen molar-refractivity contribution in [1.82, 2.24) is 9.71 Å². The number of nitrogens with one attached hydrogen (secondary N) is 2. The van der Waals surface area contributed by atoms with Gasteiger partial charge in [-0.25, -0.2) is 18.1 Å². The van der Waals surface area contributed by atoms with Crippen LogP contribution in [0.4, 0.5) is 5.82 Å². The number of sulfonamides is 1. The van der Waals surface area contributed by atoms with Crippen LogP contribution in [0, 0.1) is 6.92 Å². The van der Waals surface area contributed by atoms with E-state index in [-0.39, 0.29) is 24.1 Å². The molecule has 0 saturated heterocycles. The van der Waals surface area contributed by atoms with Gasteiger partial charge in [-0.05, 0) is 73.9 Å². The van der Waals surface area contributed by atoms with E-state index in [1.807, 2.05) is 18.2 Å². The average molecular weight is 532 g/mol. The van der Waals surface area contributed by atoms with Crippen molar-refractivity contribution in [3.8, 4) is 22.8 Å². The van der Waals surface area contributed by atoms with Crippen molar-refractivity contribution in [1.29, 1.82) is 0 Å². The Morgan fingerprint density at radius 2 is 1.76 bits per heavy atom. The first-order chi connectivity index (χ1) is 18.3. The van der Waals surface area contributed by atoms with Crippen molar-refractivity contribution in [2.45, 2.75) is 36.6 Å². The minimum atomic E-state index is -3.72. The molecule has 2 N–H and O–H groups in total. The van der Waals surface area contributed by atoms with Gasteiger partial charge < -0.3 is 19.2 Å². The molecule has 2 aromatic heterocycles. The molecule has 9 nitrogen and oxygen atoms in total. The fourth-order valence-electron chi connectivity index (χ4n) is 4.50. The summed E-state index contributed by atoms with van der Waals surface area (Å²) in [6.07, 6.45) is 1.48. The highest BCUT2D eigenvalue weighted by molar-refractivity contribution is 7.89. The Hall–Kier alpha value is -4.15.